The molecule has 0 aliphatic rings. The fourth-order valence-electron chi connectivity index (χ4n) is 1.63. The van der Waals surface area contributed by atoms with Gasteiger partial charge in [-0.3, -0.25) is 9.20 Å². The Morgan fingerprint density at radius 2 is 2.27 bits per heavy atom. The Morgan fingerprint density at radius 3 is 3.13 bits per heavy atom. The van der Waals surface area contributed by atoms with E-state index in [1.807, 2.05) is 29.7 Å². The molecule has 0 unspecified atom stereocenters. The minimum absolute atomic E-state index is 0.207. The molecular weight excluding hydrogens is 192 g/mol. The molecule has 0 bridgehead atoms. The summed E-state index contributed by atoms with van der Waals surface area (Å²) in [7, 11) is 0. The van der Waals surface area contributed by atoms with Crippen LogP contribution in [0.5, 0.6) is 0 Å². The highest BCUT2D eigenvalue weighted by Gasteiger charge is 2.07. The number of H-pyrrole nitrogens is 1. The van der Waals surface area contributed by atoms with Crippen LogP contribution in [0.25, 0.3) is 16.8 Å². The van der Waals surface area contributed by atoms with Gasteiger partial charge < -0.3 is 4.98 Å². The molecule has 1 N–H and O–H groups in total. The Hall–Kier alpha value is -2.17. The molecule has 0 amide bonds. The first-order valence-electron chi connectivity index (χ1n) is 4.58. The fraction of sp³-hybridized carbons (Fsp3) is 0.100. The Morgan fingerprint density at radius 1 is 1.40 bits per heavy atom. The maximum Gasteiger partial charge on any atom is 0.278 e. The highest BCUT2D eigenvalue weighted by Crippen LogP contribution is 2.11. The van der Waals surface area contributed by atoms with Gasteiger partial charge in [-0.25, -0.2) is 9.97 Å². The number of rotatable bonds is 0. The van der Waals surface area contributed by atoms with Crippen LogP contribution in [0, 0.1) is 6.92 Å². The van der Waals surface area contributed by atoms with Crippen molar-refractivity contribution in [3.05, 3.63) is 40.6 Å². The summed E-state index contributed by atoms with van der Waals surface area (Å²) in [5.41, 5.74) is 2.60. The second-order valence-corrected chi connectivity index (χ2v) is 3.45. The van der Waals surface area contributed by atoms with Crippen LogP contribution in [0.3, 0.4) is 0 Å². The smallest absolute Gasteiger partial charge is 0.278 e. The number of fused-ring (bicyclic) bond motifs is 3. The summed E-state index contributed by atoms with van der Waals surface area (Å²) in [4.78, 5) is 22.3. The van der Waals surface area contributed by atoms with Crippen molar-refractivity contribution in [2.75, 3.05) is 0 Å². The lowest BCUT2D eigenvalue weighted by molar-refractivity contribution is 1.11. The van der Waals surface area contributed by atoms with Crippen molar-refractivity contribution < 1.29 is 0 Å². The summed E-state index contributed by atoms with van der Waals surface area (Å²) in [6.45, 7) is 1.98. The maximum atomic E-state index is 11.5. The van der Waals surface area contributed by atoms with E-state index < -0.39 is 0 Å². The molecule has 3 aromatic rings. The first kappa shape index (κ1) is 8.16. The predicted molar refractivity (Wildman–Crippen MR) is 55.9 cm³/mol. The van der Waals surface area contributed by atoms with E-state index in [0.717, 1.165) is 11.2 Å². The van der Waals surface area contributed by atoms with E-state index in [9.17, 15) is 4.79 Å². The molecule has 0 atom stereocenters. The van der Waals surface area contributed by atoms with E-state index in [1.165, 1.54) is 6.33 Å². The van der Waals surface area contributed by atoms with E-state index in [4.69, 9.17) is 0 Å². The second kappa shape index (κ2) is 2.66. The van der Waals surface area contributed by atoms with Crippen LogP contribution in [-0.4, -0.2) is 19.4 Å². The normalized spacial score (nSPS) is 11.3. The number of aromatic nitrogens is 4. The zero-order valence-electron chi connectivity index (χ0n) is 8.06. The quantitative estimate of drug-likeness (QED) is 0.586. The summed E-state index contributed by atoms with van der Waals surface area (Å²) in [6.07, 6.45) is 3.30. The molecule has 15 heavy (non-hydrogen) atoms. The van der Waals surface area contributed by atoms with E-state index >= 15 is 0 Å². The van der Waals surface area contributed by atoms with Crippen molar-refractivity contribution in [3.8, 4) is 0 Å². The number of hydrogen-bond acceptors (Lipinski definition) is 3. The predicted octanol–water partition coefficient (Wildman–Crippen LogP) is 0.879. The summed E-state index contributed by atoms with van der Waals surface area (Å²) in [6, 6.07) is 3.83. The van der Waals surface area contributed by atoms with Crippen LogP contribution < -0.4 is 5.56 Å². The molecule has 0 fully saturated rings. The highest BCUT2D eigenvalue weighted by molar-refractivity contribution is 5.75. The molecule has 0 aliphatic carbocycles. The molecular formula is C10H8N4O. The van der Waals surface area contributed by atoms with Gasteiger partial charge in [-0.05, 0) is 18.6 Å². The van der Waals surface area contributed by atoms with Gasteiger partial charge in [-0.2, -0.15) is 0 Å². The summed E-state index contributed by atoms with van der Waals surface area (Å²) in [5.74, 6) is 0. The van der Waals surface area contributed by atoms with Crippen molar-refractivity contribution in [3.63, 3.8) is 0 Å². The molecule has 3 rings (SSSR count). The van der Waals surface area contributed by atoms with Gasteiger partial charge >= 0.3 is 0 Å². The van der Waals surface area contributed by atoms with Gasteiger partial charge in [-0.1, -0.05) is 6.07 Å². The van der Waals surface area contributed by atoms with E-state index in [1.54, 1.807) is 0 Å². The van der Waals surface area contributed by atoms with Crippen LogP contribution in [0.15, 0.2) is 29.5 Å². The average molecular weight is 200 g/mol. The maximum absolute atomic E-state index is 11.5. The molecule has 74 valence electrons. The molecule has 5 heteroatoms. The third-order valence-electron chi connectivity index (χ3n) is 2.34. The van der Waals surface area contributed by atoms with Gasteiger partial charge in [0.1, 0.15) is 5.65 Å². The Labute approximate surface area is 84.4 Å². The van der Waals surface area contributed by atoms with Gasteiger partial charge in [0.05, 0.1) is 6.33 Å². The van der Waals surface area contributed by atoms with Crippen LogP contribution in [0.2, 0.25) is 0 Å². The first-order valence-corrected chi connectivity index (χ1v) is 4.58. The lowest BCUT2D eigenvalue weighted by Crippen LogP contribution is -2.06. The minimum Gasteiger partial charge on any atom is -0.311 e. The molecule has 0 aliphatic heterocycles. The van der Waals surface area contributed by atoms with Crippen LogP contribution in [0.1, 0.15) is 5.56 Å². The number of nitrogens with one attached hydrogen (secondary N) is 1. The zero-order valence-corrected chi connectivity index (χ0v) is 8.06. The number of pyridine rings is 1. The molecule has 0 aromatic carbocycles. The van der Waals surface area contributed by atoms with Gasteiger partial charge in [0.25, 0.3) is 5.56 Å². The average Bonchev–Trinajstić information content (AvgIpc) is 2.58. The van der Waals surface area contributed by atoms with Gasteiger partial charge in [0.2, 0.25) is 0 Å². The van der Waals surface area contributed by atoms with Crippen LogP contribution in [0.4, 0.5) is 0 Å². The minimum atomic E-state index is -0.207. The molecule has 0 radical (unpaired) electrons. The molecule has 3 heterocycles. The Bertz CT molecular complexity index is 710. The topological polar surface area (TPSA) is 63.0 Å². The highest BCUT2D eigenvalue weighted by atomic mass is 16.1. The van der Waals surface area contributed by atoms with Gasteiger partial charge in [0, 0.05) is 6.20 Å². The number of imidazole rings is 1. The number of hydrogen-bond donors (Lipinski definition) is 1. The van der Waals surface area contributed by atoms with E-state index in [0.29, 0.717) is 11.2 Å². The SMILES string of the molecule is Cc1ccc2nc3c(=O)[nH]cnc3n2c1. The molecule has 0 saturated heterocycles. The molecule has 0 saturated carbocycles. The summed E-state index contributed by atoms with van der Waals surface area (Å²) in [5, 5.41) is 0. The standard InChI is InChI=1S/C10H8N4O/c1-6-2-3-7-13-8-9(14(7)4-6)11-5-12-10(8)15/h2-5H,1H3,(H,11,12,15). The van der Waals surface area contributed by atoms with Crippen molar-refractivity contribution in [2.45, 2.75) is 6.92 Å². The lowest BCUT2D eigenvalue weighted by Gasteiger charge is -1.95. The van der Waals surface area contributed by atoms with Crippen molar-refractivity contribution >= 4 is 16.8 Å². The van der Waals surface area contributed by atoms with Gasteiger partial charge in [-0.15, -0.1) is 0 Å². The van der Waals surface area contributed by atoms with Crippen LogP contribution in [-0.2, 0) is 0 Å². The van der Waals surface area contributed by atoms with E-state index in [-0.39, 0.29) is 5.56 Å². The summed E-state index contributed by atoms with van der Waals surface area (Å²) >= 11 is 0. The number of nitrogens with zero attached hydrogens (tertiary/aromatic N) is 3. The van der Waals surface area contributed by atoms with Crippen LogP contribution >= 0.6 is 0 Å². The van der Waals surface area contributed by atoms with E-state index in [2.05, 4.69) is 15.0 Å². The third-order valence-corrected chi connectivity index (χ3v) is 2.34. The molecule has 0 spiro atoms. The largest absolute Gasteiger partial charge is 0.311 e. The summed E-state index contributed by atoms with van der Waals surface area (Å²) < 4.78 is 1.82. The zero-order chi connectivity index (χ0) is 10.4. The third kappa shape index (κ3) is 1.06. The fourth-order valence-corrected chi connectivity index (χ4v) is 1.63. The molecule has 5 nitrogen and oxygen atoms in total. The second-order valence-electron chi connectivity index (χ2n) is 3.45. The van der Waals surface area contributed by atoms with Crippen molar-refractivity contribution in [1.82, 2.24) is 19.4 Å². The lowest BCUT2D eigenvalue weighted by atomic mass is 10.3. The van der Waals surface area contributed by atoms with Gasteiger partial charge in [0.15, 0.2) is 11.2 Å². The first-order chi connectivity index (χ1) is 7.25. The van der Waals surface area contributed by atoms with Crippen molar-refractivity contribution in [2.24, 2.45) is 0 Å². The molecule has 3 aromatic heterocycles. The monoisotopic (exact) mass is 200 g/mol. The number of aromatic amines is 1. The Balaban J connectivity index is 2.64. The Kier molecular flexibility index (Phi) is 1.45. The number of aryl methyl sites for hydroxylation is 1. The van der Waals surface area contributed by atoms with Crippen molar-refractivity contribution in [1.29, 1.82) is 0 Å².